The fourth-order valence-corrected chi connectivity index (χ4v) is 3.12. The van der Waals surface area contributed by atoms with E-state index in [-0.39, 0.29) is 43.7 Å². The van der Waals surface area contributed by atoms with Gasteiger partial charge >= 0.3 is 0 Å². The first-order valence-electron chi connectivity index (χ1n) is 11.7. The molecule has 0 aliphatic rings. The van der Waals surface area contributed by atoms with E-state index in [0.717, 1.165) is 17.7 Å². The van der Waals surface area contributed by atoms with Crippen molar-refractivity contribution in [3.8, 4) is 0 Å². The van der Waals surface area contributed by atoms with Crippen molar-refractivity contribution in [3.05, 3.63) is 54.1 Å². The van der Waals surface area contributed by atoms with Crippen molar-refractivity contribution >= 4 is 55.0 Å². The third kappa shape index (κ3) is 13.0. The van der Waals surface area contributed by atoms with Crippen LogP contribution in [0.25, 0.3) is 0 Å². The Balaban J connectivity index is 0. The molecular formula is C26H43I2N5O3. The van der Waals surface area contributed by atoms with Crippen molar-refractivity contribution in [2.75, 3.05) is 0 Å². The van der Waals surface area contributed by atoms with Crippen LogP contribution >= 0.6 is 37.2 Å². The molecule has 1 aromatic heterocycles. The molecule has 1 aromatic carbocycles. The van der Waals surface area contributed by atoms with Gasteiger partial charge in [0.25, 0.3) is 0 Å². The summed E-state index contributed by atoms with van der Waals surface area (Å²) in [7, 11) is 0. The van der Waals surface area contributed by atoms with Gasteiger partial charge in [-0.25, -0.2) is 4.98 Å². The Morgan fingerprint density at radius 2 is 1.72 bits per heavy atom. The minimum absolute atomic E-state index is 0. The fourth-order valence-electron chi connectivity index (χ4n) is 3.12. The zero-order valence-corrected chi connectivity index (χ0v) is 26.0. The predicted octanol–water partition coefficient (Wildman–Crippen LogP) is 5.61. The zero-order valence-electron chi connectivity index (χ0n) is 21.7. The van der Waals surface area contributed by atoms with E-state index >= 15 is 0 Å². The number of hydrogen-bond acceptors (Lipinski definition) is 4. The highest BCUT2D eigenvalue weighted by Gasteiger charge is 2.33. The minimum Gasteiger partial charge on any atom is -0.349 e. The molecule has 204 valence electrons. The van der Waals surface area contributed by atoms with E-state index in [1.807, 2.05) is 65.0 Å². The van der Waals surface area contributed by atoms with Crippen LogP contribution < -0.4 is 10.6 Å². The van der Waals surface area contributed by atoms with Crippen molar-refractivity contribution < 1.29 is 14.4 Å². The van der Waals surface area contributed by atoms with E-state index in [0.29, 0.717) is 0 Å². The maximum absolute atomic E-state index is 13.6. The smallest absolute Gasteiger partial charge is 0.246 e. The molecule has 0 radical (unpaired) electrons. The van der Waals surface area contributed by atoms with Crippen LogP contribution in [-0.4, -0.2) is 50.2 Å². The molecule has 2 aromatic rings. The largest absolute Gasteiger partial charge is 0.349 e. The Labute approximate surface area is 240 Å². The standard InChI is InChI=1S/C23H33N5O3.C2H6.CH4.I2/c1-6-23(4,5)27-21(30)16(2)28(14-18-10-8-7-9-11-18)22(31)20(26-17(3)29)12-19-13-24-15-25-19;1-2;;1-2/h7-11,13,15-16,20H,6,12,14H2,1-5H3,(H,24,25)(H,26,29)(H,27,30);1-2H3;1H4;. The summed E-state index contributed by atoms with van der Waals surface area (Å²) in [4.78, 5) is 46.9. The molecule has 8 nitrogen and oxygen atoms in total. The van der Waals surface area contributed by atoms with Crippen LogP contribution in [0.2, 0.25) is 0 Å². The number of carbonyl (C=O) groups is 3. The number of halogens is 2. The van der Waals surface area contributed by atoms with Crippen LogP contribution in [0.1, 0.15) is 73.6 Å². The Morgan fingerprint density at radius 1 is 1.14 bits per heavy atom. The topological polar surface area (TPSA) is 107 Å². The third-order valence-electron chi connectivity index (χ3n) is 5.33. The van der Waals surface area contributed by atoms with Gasteiger partial charge in [0, 0.05) is 74.6 Å². The van der Waals surface area contributed by atoms with Gasteiger partial charge in [0.05, 0.1) is 6.33 Å². The van der Waals surface area contributed by atoms with Crippen molar-refractivity contribution in [3.63, 3.8) is 0 Å². The summed E-state index contributed by atoms with van der Waals surface area (Å²) in [6.07, 6.45) is 4.14. The Kier molecular flexibility index (Phi) is 19.7. The average molecular weight is 727 g/mol. The number of nitrogens with zero attached hydrogens (tertiary/aromatic N) is 2. The first-order chi connectivity index (χ1) is 16.6. The van der Waals surface area contributed by atoms with E-state index in [1.165, 1.54) is 18.2 Å². The van der Waals surface area contributed by atoms with Gasteiger partial charge in [-0.3, -0.25) is 14.4 Å². The molecule has 0 aliphatic carbocycles. The number of H-pyrrole nitrogens is 1. The predicted molar refractivity (Wildman–Crippen MR) is 165 cm³/mol. The van der Waals surface area contributed by atoms with Crippen LogP contribution in [-0.2, 0) is 27.3 Å². The molecule has 2 atom stereocenters. The van der Waals surface area contributed by atoms with Crippen LogP contribution in [0, 0.1) is 0 Å². The van der Waals surface area contributed by atoms with Gasteiger partial charge in [0.2, 0.25) is 17.7 Å². The number of aromatic nitrogens is 2. The summed E-state index contributed by atoms with van der Waals surface area (Å²) in [5.41, 5.74) is 1.23. The van der Waals surface area contributed by atoms with Gasteiger partial charge in [-0.15, -0.1) is 0 Å². The van der Waals surface area contributed by atoms with Gasteiger partial charge in [-0.05, 0) is 32.8 Å². The van der Waals surface area contributed by atoms with E-state index in [1.54, 1.807) is 13.1 Å². The lowest BCUT2D eigenvalue weighted by atomic mass is 10.0. The zero-order chi connectivity index (χ0) is 27.0. The molecule has 10 heteroatoms. The average Bonchev–Trinajstić information content (AvgIpc) is 3.37. The van der Waals surface area contributed by atoms with Gasteiger partial charge < -0.3 is 20.5 Å². The second-order valence-corrected chi connectivity index (χ2v) is 8.39. The first-order valence-corrected chi connectivity index (χ1v) is 18.0. The lowest BCUT2D eigenvalue weighted by Gasteiger charge is -2.34. The second-order valence-electron chi connectivity index (χ2n) is 8.39. The molecule has 2 rings (SSSR count). The number of imidazole rings is 1. The molecule has 0 fully saturated rings. The van der Waals surface area contributed by atoms with Crippen molar-refractivity contribution in [1.82, 2.24) is 25.5 Å². The molecule has 0 spiro atoms. The molecule has 0 saturated carbocycles. The van der Waals surface area contributed by atoms with Gasteiger partial charge in [0.15, 0.2) is 0 Å². The molecule has 0 saturated heterocycles. The number of nitrogens with one attached hydrogen (secondary N) is 3. The Hall–Kier alpha value is -1.70. The molecule has 0 aliphatic heterocycles. The van der Waals surface area contributed by atoms with Crippen molar-refractivity contribution in [2.24, 2.45) is 0 Å². The number of amides is 3. The highest BCUT2D eigenvalue weighted by Crippen LogP contribution is 2.15. The normalized spacial score (nSPS) is 11.7. The summed E-state index contributed by atoms with van der Waals surface area (Å²) in [5.74, 6) is -0.883. The van der Waals surface area contributed by atoms with Crippen LogP contribution in [0.5, 0.6) is 0 Å². The quantitative estimate of drug-likeness (QED) is 0.277. The number of hydrogen-bond donors (Lipinski definition) is 3. The SMILES string of the molecule is C.CC.CCC(C)(C)NC(=O)C(C)N(Cc1ccccc1)C(=O)C(Cc1cnc[nH]1)NC(C)=O.II. The number of rotatable bonds is 10. The molecule has 3 N–H and O–H groups in total. The Bertz CT molecular complexity index is 877. The maximum atomic E-state index is 13.6. The molecular weight excluding hydrogens is 684 g/mol. The second kappa shape index (κ2) is 19.4. The lowest BCUT2D eigenvalue weighted by molar-refractivity contribution is -0.143. The van der Waals surface area contributed by atoms with E-state index in [4.69, 9.17) is 0 Å². The maximum Gasteiger partial charge on any atom is 0.246 e. The van der Waals surface area contributed by atoms with Crippen molar-refractivity contribution in [2.45, 2.75) is 92.9 Å². The summed E-state index contributed by atoms with van der Waals surface area (Å²) in [6.45, 7) is 13.2. The van der Waals surface area contributed by atoms with Crippen LogP contribution in [0.4, 0.5) is 0 Å². The van der Waals surface area contributed by atoms with Gasteiger partial charge in [0.1, 0.15) is 12.1 Å². The summed E-state index contributed by atoms with van der Waals surface area (Å²) < 4.78 is 0. The molecule has 0 bridgehead atoms. The number of benzene rings is 1. The van der Waals surface area contributed by atoms with Gasteiger partial charge in [-0.1, -0.05) is 58.5 Å². The van der Waals surface area contributed by atoms with E-state index in [2.05, 4.69) is 57.8 Å². The van der Waals surface area contributed by atoms with E-state index in [9.17, 15) is 14.4 Å². The van der Waals surface area contributed by atoms with Crippen LogP contribution in [0.15, 0.2) is 42.9 Å². The summed E-state index contributed by atoms with van der Waals surface area (Å²) in [6, 6.07) is 7.94. The molecule has 3 amide bonds. The van der Waals surface area contributed by atoms with Crippen molar-refractivity contribution in [1.29, 1.82) is 0 Å². The lowest BCUT2D eigenvalue weighted by Crippen LogP contribution is -2.57. The Morgan fingerprint density at radius 3 is 2.19 bits per heavy atom. The summed E-state index contributed by atoms with van der Waals surface area (Å²) >= 11 is 4.24. The fraction of sp³-hybridized carbons (Fsp3) is 0.538. The highest BCUT2D eigenvalue weighted by molar-refractivity contribution is 15.0. The van der Waals surface area contributed by atoms with E-state index < -0.39 is 12.1 Å². The minimum atomic E-state index is -0.823. The monoisotopic (exact) mass is 727 g/mol. The number of carbonyl (C=O) groups excluding carboxylic acids is 3. The van der Waals surface area contributed by atoms with Gasteiger partial charge in [-0.2, -0.15) is 0 Å². The molecule has 1 heterocycles. The highest BCUT2D eigenvalue weighted by atomic mass is 128. The molecule has 2 unspecified atom stereocenters. The first kappa shape index (κ1) is 36.5. The number of aromatic amines is 1. The summed E-state index contributed by atoms with van der Waals surface area (Å²) in [5, 5.41) is 5.74. The third-order valence-corrected chi connectivity index (χ3v) is 5.33. The molecule has 36 heavy (non-hydrogen) atoms. The van der Waals surface area contributed by atoms with Crippen LogP contribution in [0.3, 0.4) is 0 Å².